The van der Waals surface area contributed by atoms with Crippen LogP contribution < -0.4 is 10.5 Å². The monoisotopic (exact) mass is 217 g/mol. The summed E-state index contributed by atoms with van der Waals surface area (Å²) in [4.78, 5) is 0. The molecule has 0 bridgehead atoms. The van der Waals surface area contributed by atoms with Gasteiger partial charge in [-0.1, -0.05) is 6.07 Å². The van der Waals surface area contributed by atoms with Crippen LogP contribution in [0.15, 0.2) is 30.5 Å². The van der Waals surface area contributed by atoms with Gasteiger partial charge in [0, 0.05) is 13.2 Å². The van der Waals surface area contributed by atoms with Gasteiger partial charge in [0.15, 0.2) is 0 Å². The second-order valence-electron chi connectivity index (χ2n) is 3.81. The van der Waals surface area contributed by atoms with Crippen molar-refractivity contribution < 1.29 is 4.74 Å². The maximum absolute atomic E-state index is 5.81. The van der Waals surface area contributed by atoms with Crippen LogP contribution in [-0.4, -0.2) is 9.78 Å². The van der Waals surface area contributed by atoms with Crippen molar-refractivity contribution in [2.24, 2.45) is 7.05 Å². The molecule has 4 nitrogen and oxygen atoms in total. The molecule has 0 radical (unpaired) electrons. The molecule has 0 spiro atoms. The molecule has 0 aliphatic heterocycles. The fourth-order valence-corrected chi connectivity index (χ4v) is 1.46. The maximum Gasteiger partial charge on any atom is 0.143 e. The van der Waals surface area contributed by atoms with E-state index in [1.165, 1.54) is 0 Å². The molecule has 0 atom stereocenters. The minimum atomic E-state index is 0.439. The highest BCUT2D eigenvalue weighted by Crippen LogP contribution is 2.23. The van der Waals surface area contributed by atoms with Crippen molar-refractivity contribution in [2.75, 3.05) is 5.73 Å². The molecule has 84 valence electrons. The fourth-order valence-electron chi connectivity index (χ4n) is 1.46. The van der Waals surface area contributed by atoms with Gasteiger partial charge in [0.05, 0.1) is 11.4 Å². The molecule has 0 fully saturated rings. The predicted molar refractivity (Wildman–Crippen MR) is 63.1 cm³/mol. The van der Waals surface area contributed by atoms with Crippen molar-refractivity contribution in [3.05, 3.63) is 41.7 Å². The summed E-state index contributed by atoms with van der Waals surface area (Å²) in [6, 6.07) is 7.66. The Kier molecular flexibility index (Phi) is 2.81. The van der Waals surface area contributed by atoms with Gasteiger partial charge in [-0.3, -0.25) is 4.68 Å². The Morgan fingerprint density at radius 3 is 2.88 bits per heavy atom. The highest BCUT2D eigenvalue weighted by molar-refractivity contribution is 5.53. The first kappa shape index (κ1) is 10.5. The number of nitrogens with two attached hydrogens (primary N) is 1. The fraction of sp³-hybridized carbons (Fsp3) is 0.250. The Labute approximate surface area is 94.6 Å². The molecule has 1 aromatic carbocycles. The maximum atomic E-state index is 5.81. The van der Waals surface area contributed by atoms with Crippen molar-refractivity contribution in [3.8, 4) is 5.75 Å². The van der Waals surface area contributed by atoms with Gasteiger partial charge in [-0.05, 0) is 30.7 Å². The van der Waals surface area contributed by atoms with Crippen LogP contribution in [0.3, 0.4) is 0 Å². The van der Waals surface area contributed by atoms with Crippen LogP contribution in [0.2, 0.25) is 0 Å². The average molecular weight is 217 g/mol. The molecule has 2 rings (SSSR count). The number of nitrogen functional groups attached to an aromatic ring is 1. The van der Waals surface area contributed by atoms with Crippen LogP contribution >= 0.6 is 0 Å². The largest absolute Gasteiger partial charge is 0.485 e. The van der Waals surface area contributed by atoms with E-state index < -0.39 is 0 Å². The van der Waals surface area contributed by atoms with Crippen LogP contribution in [0.5, 0.6) is 5.75 Å². The number of anilines is 1. The Hall–Kier alpha value is -1.97. The summed E-state index contributed by atoms with van der Waals surface area (Å²) < 4.78 is 7.36. The van der Waals surface area contributed by atoms with Gasteiger partial charge in [0.2, 0.25) is 0 Å². The first-order valence-corrected chi connectivity index (χ1v) is 5.12. The summed E-state index contributed by atoms with van der Waals surface area (Å²) in [5.74, 6) is 0.714. The summed E-state index contributed by atoms with van der Waals surface area (Å²) in [5.41, 5.74) is 8.48. The molecule has 0 aliphatic carbocycles. The number of benzene rings is 1. The summed E-state index contributed by atoms with van der Waals surface area (Å²) in [6.45, 7) is 2.45. The average Bonchev–Trinajstić information content (AvgIpc) is 2.66. The number of aromatic nitrogens is 2. The van der Waals surface area contributed by atoms with Crippen LogP contribution in [0.25, 0.3) is 0 Å². The van der Waals surface area contributed by atoms with Gasteiger partial charge in [-0.15, -0.1) is 0 Å². The molecule has 0 amide bonds. The van der Waals surface area contributed by atoms with E-state index in [1.54, 1.807) is 4.68 Å². The van der Waals surface area contributed by atoms with Crippen LogP contribution in [0.1, 0.15) is 11.3 Å². The van der Waals surface area contributed by atoms with Crippen molar-refractivity contribution in [1.82, 2.24) is 9.78 Å². The van der Waals surface area contributed by atoms with E-state index in [9.17, 15) is 0 Å². The van der Waals surface area contributed by atoms with E-state index in [2.05, 4.69) is 5.10 Å². The molecule has 1 aromatic heterocycles. The molecule has 2 aromatic rings. The number of ether oxygens (including phenoxy) is 1. The van der Waals surface area contributed by atoms with E-state index in [1.807, 2.05) is 44.4 Å². The first-order chi connectivity index (χ1) is 7.65. The van der Waals surface area contributed by atoms with E-state index in [0.29, 0.717) is 18.0 Å². The zero-order chi connectivity index (χ0) is 11.5. The Morgan fingerprint density at radius 1 is 1.38 bits per heavy atom. The molecule has 1 heterocycles. The molecule has 0 saturated carbocycles. The van der Waals surface area contributed by atoms with E-state index in [-0.39, 0.29) is 0 Å². The van der Waals surface area contributed by atoms with E-state index in [0.717, 1.165) is 11.3 Å². The van der Waals surface area contributed by atoms with Crippen LogP contribution in [0.4, 0.5) is 5.69 Å². The van der Waals surface area contributed by atoms with Crippen molar-refractivity contribution >= 4 is 5.69 Å². The predicted octanol–water partition coefficient (Wildman–Crippen LogP) is 1.89. The molecule has 16 heavy (non-hydrogen) atoms. The lowest BCUT2D eigenvalue weighted by molar-refractivity contribution is 0.301. The normalized spacial score (nSPS) is 10.4. The SMILES string of the molecule is Cc1ccc(N)c(OCc2ccn(C)n2)c1. The highest BCUT2D eigenvalue weighted by atomic mass is 16.5. The van der Waals surface area contributed by atoms with E-state index in [4.69, 9.17) is 10.5 Å². The lowest BCUT2D eigenvalue weighted by atomic mass is 10.2. The zero-order valence-corrected chi connectivity index (χ0v) is 9.47. The quantitative estimate of drug-likeness (QED) is 0.799. The summed E-state index contributed by atoms with van der Waals surface area (Å²) in [7, 11) is 1.88. The smallest absolute Gasteiger partial charge is 0.143 e. The molecule has 2 N–H and O–H groups in total. The first-order valence-electron chi connectivity index (χ1n) is 5.12. The Bertz CT molecular complexity index is 491. The number of aryl methyl sites for hydroxylation is 2. The van der Waals surface area contributed by atoms with Gasteiger partial charge in [-0.2, -0.15) is 5.10 Å². The third-order valence-corrected chi connectivity index (χ3v) is 2.31. The van der Waals surface area contributed by atoms with Gasteiger partial charge >= 0.3 is 0 Å². The van der Waals surface area contributed by atoms with Gasteiger partial charge in [0.1, 0.15) is 12.4 Å². The topological polar surface area (TPSA) is 53.1 Å². The van der Waals surface area contributed by atoms with Crippen molar-refractivity contribution in [3.63, 3.8) is 0 Å². The molecule has 0 saturated heterocycles. The summed E-state index contributed by atoms with van der Waals surface area (Å²) >= 11 is 0. The van der Waals surface area contributed by atoms with Crippen LogP contribution in [0, 0.1) is 6.92 Å². The second-order valence-corrected chi connectivity index (χ2v) is 3.81. The van der Waals surface area contributed by atoms with Crippen molar-refractivity contribution in [2.45, 2.75) is 13.5 Å². The molecule has 0 aliphatic rings. The second kappa shape index (κ2) is 4.26. The number of hydrogen-bond donors (Lipinski definition) is 1. The third-order valence-electron chi connectivity index (χ3n) is 2.31. The molecular weight excluding hydrogens is 202 g/mol. The number of hydrogen-bond acceptors (Lipinski definition) is 3. The molecule has 0 unspecified atom stereocenters. The van der Waals surface area contributed by atoms with Gasteiger partial charge in [-0.25, -0.2) is 0 Å². The minimum absolute atomic E-state index is 0.439. The lowest BCUT2D eigenvalue weighted by Gasteiger charge is -2.08. The zero-order valence-electron chi connectivity index (χ0n) is 9.47. The minimum Gasteiger partial charge on any atom is -0.485 e. The third kappa shape index (κ3) is 2.34. The summed E-state index contributed by atoms with van der Waals surface area (Å²) in [5, 5.41) is 4.23. The standard InChI is InChI=1S/C12H15N3O/c1-9-3-4-11(13)12(7-9)16-8-10-5-6-15(2)14-10/h3-7H,8,13H2,1-2H3. The van der Waals surface area contributed by atoms with Crippen molar-refractivity contribution in [1.29, 1.82) is 0 Å². The van der Waals surface area contributed by atoms with E-state index >= 15 is 0 Å². The number of nitrogens with zero attached hydrogens (tertiary/aromatic N) is 2. The molecular formula is C12H15N3O. The Morgan fingerprint density at radius 2 is 2.19 bits per heavy atom. The van der Waals surface area contributed by atoms with Gasteiger partial charge in [0.25, 0.3) is 0 Å². The summed E-state index contributed by atoms with van der Waals surface area (Å²) in [6.07, 6.45) is 1.89. The molecule has 4 heteroatoms. The van der Waals surface area contributed by atoms with Gasteiger partial charge < -0.3 is 10.5 Å². The number of rotatable bonds is 3. The Balaban J connectivity index is 2.07. The lowest BCUT2D eigenvalue weighted by Crippen LogP contribution is -2.00. The van der Waals surface area contributed by atoms with Crippen LogP contribution in [-0.2, 0) is 13.7 Å². The highest BCUT2D eigenvalue weighted by Gasteiger charge is 2.02.